The van der Waals surface area contributed by atoms with E-state index in [9.17, 15) is 13.6 Å². The lowest BCUT2D eigenvalue weighted by molar-refractivity contribution is 0.0988. The van der Waals surface area contributed by atoms with Crippen molar-refractivity contribution in [3.05, 3.63) is 42.0 Å². The molecule has 2 atom stereocenters. The molecule has 2 aliphatic heterocycles. The quantitative estimate of drug-likeness (QED) is 0.479. The number of morpholine rings is 1. The van der Waals surface area contributed by atoms with E-state index in [-0.39, 0.29) is 29.4 Å². The zero-order valence-electron chi connectivity index (χ0n) is 21.1. The number of rotatable bonds is 6. The van der Waals surface area contributed by atoms with Crippen LogP contribution in [0.4, 0.5) is 20.3 Å². The SMILES string of the molecule is CC(C)C1CCC(n2cc(NC(=O)c3cncc4ccc(N5C[C@H]6C[C@@H]5CO6)nc34)c(C(F)F)n2)CC1. The number of nitrogens with one attached hydrogen (secondary N) is 1. The first kappa shape index (κ1) is 24.2. The van der Waals surface area contributed by atoms with Crippen molar-refractivity contribution in [1.82, 2.24) is 19.7 Å². The molecule has 0 unspecified atom stereocenters. The van der Waals surface area contributed by atoms with Crippen LogP contribution in [-0.2, 0) is 4.74 Å². The number of aromatic nitrogens is 4. The summed E-state index contributed by atoms with van der Waals surface area (Å²) < 4.78 is 35.1. The molecule has 1 aliphatic carbocycles. The molecule has 3 fully saturated rings. The largest absolute Gasteiger partial charge is 0.374 e. The molecule has 5 heterocycles. The van der Waals surface area contributed by atoms with Crippen LogP contribution in [0.15, 0.2) is 30.7 Å². The lowest BCUT2D eigenvalue weighted by atomic mass is 9.80. The summed E-state index contributed by atoms with van der Waals surface area (Å²) in [6.07, 6.45) is 6.92. The minimum atomic E-state index is -2.80. The molecule has 3 aromatic rings. The molecule has 1 N–H and O–H groups in total. The monoisotopic (exact) mass is 510 g/mol. The number of halogens is 2. The zero-order valence-corrected chi connectivity index (χ0v) is 21.1. The smallest absolute Gasteiger partial charge is 0.284 e. The van der Waals surface area contributed by atoms with Crippen molar-refractivity contribution in [3.63, 3.8) is 0 Å². The molecule has 1 saturated carbocycles. The Hall–Kier alpha value is -3.14. The van der Waals surface area contributed by atoms with Gasteiger partial charge in [-0.3, -0.25) is 14.5 Å². The van der Waals surface area contributed by atoms with E-state index in [1.54, 1.807) is 17.1 Å². The molecule has 0 spiro atoms. The van der Waals surface area contributed by atoms with Crippen molar-refractivity contribution in [2.45, 2.75) is 70.6 Å². The molecule has 0 radical (unpaired) electrons. The summed E-state index contributed by atoms with van der Waals surface area (Å²) >= 11 is 0. The summed E-state index contributed by atoms with van der Waals surface area (Å²) in [7, 11) is 0. The summed E-state index contributed by atoms with van der Waals surface area (Å²) in [6, 6.07) is 4.16. The average molecular weight is 511 g/mol. The van der Waals surface area contributed by atoms with Gasteiger partial charge in [0.2, 0.25) is 0 Å². The van der Waals surface area contributed by atoms with Crippen molar-refractivity contribution in [1.29, 1.82) is 0 Å². The Bertz CT molecular complexity index is 1300. The van der Waals surface area contributed by atoms with E-state index in [1.165, 1.54) is 6.20 Å². The second-order valence-electron chi connectivity index (χ2n) is 10.9. The molecule has 8 nitrogen and oxygen atoms in total. The van der Waals surface area contributed by atoms with E-state index in [0.29, 0.717) is 29.3 Å². The van der Waals surface area contributed by atoms with E-state index in [4.69, 9.17) is 9.72 Å². The van der Waals surface area contributed by atoms with Gasteiger partial charge in [-0.25, -0.2) is 13.8 Å². The van der Waals surface area contributed by atoms with Crippen molar-refractivity contribution < 1.29 is 18.3 Å². The van der Waals surface area contributed by atoms with Gasteiger partial charge in [0.05, 0.1) is 41.6 Å². The molecule has 2 bridgehead atoms. The Morgan fingerprint density at radius 1 is 1.14 bits per heavy atom. The molecule has 0 aromatic carbocycles. The highest BCUT2D eigenvalue weighted by Gasteiger charge is 2.39. The zero-order chi connectivity index (χ0) is 25.7. The Morgan fingerprint density at radius 3 is 2.62 bits per heavy atom. The number of anilines is 2. The van der Waals surface area contributed by atoms with Gasteiger partial charge in [-0.1, -0.05) is 13.8 Å². The molecule has 196 valence electrons. The molecule has 10 heteroatoms. The van der Waals surface area contributed by atoms with Gasteiger partial charge in [0.15, 0.2) is 5.69 Å². The summed E-state index contributed by atoms with van der Waals surface area (Å²) in [5.74, 6) is 1.52. The van der Waals surface area contributed by atoms with E-state index in [1.807, 2.05) is 12.1 Å². The minimum Gasteiger partial charge on any atom is -0.374 e. The third kappa shape index (κ3) is 4.56. The summed E-state index contributed by atoms with van der Waals surface area (Å²) in [5.41, 5.74) is 0.361. The summed E-state index contributed by atoms with van der Waals surface area (Å²) in [6.45, 7) is 5.90. The van der Waals surface area contributed by atoms with E-state index in [0.717, 1.165) is 44.5 Å². The van der Waals surface area contributed by atoms with Gasteiger partial charge < -0.3 is 15.0 Å². The van der Waals surface area contributed by atoms with Crippen molar-refractivity contribution in [3.8, 4) is 0 Å². The second-order valence-corrected chi connectivity index (χ2v) is 10.9. The summed E-state index contributed by atoms with van der Waals surface area (Å²) in [4.78, 5) is 24.6. The summed E-state index contributed by atoms with van der Waals surface area (Å²) in [5, 5.41) is 7.60. The highest BCUT2D eigenvalue weighted by molar-refractivity contribution is 6.11. The van der Waals surface area contributed by atoms with Crippen LogP contribution in [0.2, 0.25) is 0 Å². The van der Waals surface area contributed by atoms with Crippen molar-refractivity contribution >= 4 is 28.3 Å². The third-order valence-electron chi connectivity index (χ3n) is 8.30. The van der Waals surface area contributed by atoms with Gasteiger partial charge in [0, 0.05) is 30.5 Å². The molecule has 2 saturated heterocycles. The molecule has 3 aliphatic rings. The highest BCUT2D eigenvalue weighted by Crippen LogP contribution is 2.38. The predicted molar refractivity (Wildman–Crippen MR) is 136 cm³/mol. The first-order chi connectivity index (χ1) is 17.9. The third-order valence-corrected chi connectivity index (χ3v) is 8.30. The van der Waals surface area contributed by atoms with Crippen molar-refractivity contribution in [2.75, 3.05) is 23.4 Å². The lowest BCUT2D eigenvalue weighted by Gasteiger charge is -2.30. The molecule has 6 rings (SSSR count). The van der Waals surface area contributed by atoms with Gasteiger partial charge in [-0.15, -0.1) is 0 Å². The van der Waals surface area contributed by atoms with Crippen LogP contribution in [0.1, 0.15) is 74.5 Å². The molecular formula is C27H32F2N6O2. The number of alkyl halides is 2. The number of nitrogens with zero attached hydrogens (tertiary/aromatic N) is 5. The molecule has 3 aromatic heterocycles. The molecular weight excluding hydrogens is 478 g/mol. The number of hydrogen-bond donors (Lipinski definition) is 1. The van der Waals surface area contributed by atoms with Crippen molar-refractivity contribution in [2.24, 2.45) is 11.8 Å². The van der Waals surface area contributed by atoms with Crippen LogP contribution in [-0.4, -0.2) is 51.0 Å². The molecule has 37 heavy (non-hydrogen) atoms. The number of amides is 1. The van der Waals surface area contributed by atoms with Crippen LogP contribution >= 0.6 is 0 Å². The first-order valence-electron chi connectivity index (χ1n) is 13.2. The van der Waals surface area contributed by atoms with Crippen LogP contribution in [0, 0.1) is 11.8 Å². The van der Waals surface area contributed by atoms with Crippen LogP contribution in [0.25, 0.3) is 10.9 Å². The minimum absolute atomic E-state index is 0.0353. The number of hydrogen-bond acceptors (Lipinski definition) is 6. The van der Waals surface area contributed by atoms with Crippen LogP contribution in [0.5, 0.6) is 0 Å². The topological polar surface area (TPSA) is 85.2 Å². The standard InChI is InChI=1S/C27H32F2N6O2/c1-15(2)16-3-6-18(7-4-16)35-13-22(25(33-35)26(28)29)31-27(36)21-11-30-10-17-5-8-23(32-24(17)21)34-12-20-9-19(34)14-37-20/h5,8,10-11,13,15-16,18-20,26H,3-4,6-7,9,12,14H2,1-2H3,(H,31,36)/t16?,18?,19-,20-/m1/s1. The first-order valence-corrected chi connectivity index (χ1v) is 13.2. The van der Waals surface area contributed by atoms with Gasteiger partial charge >= 0.3 is 0 Å². The number of pyridine rings is 2. The fourth-order valence-corrected chi connectivity index (χ4v) is 6.11. The lowest BCUT2D eigenvalue weighted by Crippen LogP contribution is -2.37. The van der Waals surface area contributed by atoms with Crippen LogP contribution in [0.3, 0.4) is 0 Å². The Balaban J connectivity index is 1.25. The fourth-order valence-electron chi connectivity index (χ4n) is 6.11. The maximum Gasteiger partial charge on any atom is 0.284 e. The maximum atomic E-state index is 13.9. The van der Waals surface area contributed by atoms with E-state index < -0.39 is 18.0 Å². The number of ether oxygens (including phenoxy) is 1. The Kier molecular flexibility index (Phi) is 6.30. The Labute approximate surface area is 214 Å². The van der Waals surface area contributed by atoms with Crippen LogP contribution < -0.4 is 10.2 Å². The molecule has 1 amide bonds. The normalized spacial score (nSPS) is 25.5. The number of carbonyl (C=O) groups is 1. The van der Waals surface area contributed by atoms with E-state index in [2.05, 4.69) is 34.1 Å². The predicted octanol–water partition coefficient (Wildman–Crippen LogP) is 5.38. The fraction of sp³-hybridized carbons (Fsp3) is 0.556. The van der Waals surface area contributed by atoms with Gasteiger partial charge in [0.1, 0.15) is 5.82 Å². The Morgan fingerprint density at radius 2 is 1.95 bits per heavy atom. The average Bonchev–Trinajstić information content (AvgIpc) is 3.64. The number of fused-ring (bicyclic) bond motifs is 3. The highest BCUT2D eigenvalue weighted by atomic mass is 19.3. The van der Waals surface area contributed by atoms with Gasteiger partial charge in [0.25, 0.3) is 12.3 Å². The second kappa shape index (κ2) is 9.63. The van der Waals surface area contributed by atoms with Gasteiger partial charge in [-0.05, 0) is 56.1 Å². The maximum absolute atomic E-state index is 13.9. The van der Waals surface area contributed by atoms with E-state index >= 15 is 0 Å². The van der Waals surface area contributed by atoms with Gasteiger partial charge in [-0.2, -0.15) is 5.10 Å². The number of carbonyl (C=O) groups excluding carboxylic acids is 1.